The molecule has 4 N–H and O–H groups in total. The molecule has 0 spiro atoms. The van der Waals surface area contributed by atoms with E-state index in [0.29, 0.717) is 37.4 Å². The van der Waals surface area contributed by atoms with Crippen molar-refractivity contribution in [2.75, 3.05) is 28.6 Å². The fourth-order valence-electron chi connectivity index (χ4n) is 4.13. The van der Waals surface area contributed by atoms with Crippen LogP contribution in [0, 0.1) is 0 Å². The molecule has 0 unspecified atom stereocenters. The average molecular weight is 440 g/mol. The van der Waals surface area contributed by atoms with Gasteiger partial charge in [0, 0.05) is 24.3 Å². The molecule has 0 aliphatic carbocycles. The zero-order valence-corrected chi connectivity index (χ0v) is 17.0. The van der Waals surface area contributed by atoms with Crippen LogP contribution in [0.5, 0.6) is 0 Å². The number of rotatable bonds is 3. The van der Waals surface area contributed by atoms with Gasteiger partial charge in [0.1, 0.15) is 0 Å². The first kappa shape index (κ1) is 20.1. The second kappa shape index (κ2) is 7.70. The molecule has 0 saturated heterocycles. The van der Waals surface area contributed by atoms with Gasteiger partial charge in [-0.25, -0.2) is 9.97 Å². The van der Waals surface area contributed by atoms with Gasteiger partial charge in [-0.05, 0) is 23.8 Å². The summed E-state index contributed by atoms with van der Waals surface area (Å²) in [4.78, 5) is 18.9. The van der Waals surface area contributed by atoms with E-state index in [2.05, 4.69) is 29.7 Å². The Bertz CT molecular complexity index is 1270. The number of benzene rings is 2. The Morgan fingerprint density at radius 1 is 1.09 bits per heavy atom. The zero-order chi connectivity index (χ0) is 22.3. The van der Waals surface area contributed by atoms with Crippen LogP contribution in [0.4, 0.5) is 30.6 Å². The Morgan fingerprint density at radius 2 is 1.94 bits per heavy atom. The number of anilines is 3. The van der Waals surface area contributed by atoms with E-state index in [-0.39, 0.29) is 5.95 Å². The van der Waals surface area contributed by atoms with Gasteiger partial charge in [0.2, 0.25) is 11.5 Å². The van der Waals surface area contributed by atoms with Crippen molar-refractivity contribution in [2.24, 2.45) is 0 Å². The zero-order valence-electron chi connectivity index (χ0n) is 17.0. The van der Waals surface area contributed by atoms with Crippen molar-refractivity contribution < 1.29 is 18.2 Å². The van der Waals surface area contributed by atoms with E-state index in [1.54, 1.807) is 12.4 Å². The van der Waals surface area contributed by atoms with Crippen LogP contribution in [-0.4, -0.2) is 28.0 Å². The number of nitrogens with one attached hydrogen (secondary N) is 2. The van der Waals surface area contributed by atoms with Gasteiger partial charge in [-0.2, -0.15) is 13.2 Å². The lowest BCUT2D eigenvalue weighted by atomic mass is 10.1. The summed E-state index contributed by atoms with van der Waals surface area (Å²) >= 11 is 0. The van der Waals surface area contributed by atoms with Crippen molar-refractivity contribution in [3.05, 3.63) is 71.5 Å². The second-order valence-corrected chi connectivity index (χ2v) is 7.74. The molecular formula is C22H21F3N7+. The highest BCUT2D eigenvalue weighted by molar-refractivity contribution is 5.81. The molecule has 3 heterocycles. The first-order chi connectivity index (χ1) is 15.4. The van der Waals surface area contributed by atoms with Gasteiger partial charge in [-0.3, -0.25) is 0 Å². The van der Waals surface area contributed by atoms with Gasteiger partial charge < -0.3 is 20.5 Å². The molecule has 10 heteroatoms. The van der Waals surface area contributed by atoms with E-state index in [1.807, 2.05) is 24.3 Å². The smallest absolute Gasteiger partial charge is 0.364 e. The number of H-pyrrole nitrogens is 2. The standard InChI is InChI=1S/C22H20F3N7/c23-22(24,25)16-6-3-4-14(10-16)11-31-8-9-32(12-15-5-1-2-7-17(15)31)20-18-19(28-13-27-18)29-21(26)30-20/h1-7,10,13H,8-9,11-12H2,(H3,26,27,28,29,30)/p+1. The molecule has 164 valence electrons. The van der Waals surface area contributed by atoms with Crippen molar-refractivity contribution in [1.29, 1.82) is 0 Å². The molecule has 0 atom stereocenters. The number of aromatic nitrogens is 4. The van der Waals surface area contributed by atoms with E-state index < -0.39 is 11.7 Å². The molecule has 1 aliphatic rings. The molecule has 5 rings (SSSR count). The molecule has 0 amide bonds. The summed E-state index contributed by atoms with van der Waals surface area (Å²) in [6, 6.07) is 13.4. The minimum Gasteiger partial charge on any atom is -0.364 e. The van der Waals surface area contributed by atoms with Crippen LogP contribution in [0.3, 0.4) is 0 Å². The minimum atomic E-state index is -4.37. The highest BCUT2D eigenvalue weighted by atomic mass is 19.4. The van der Waals surface area contributed by atoms with Crippen LogP contribution in [0.1, 0.15) is 16.7 Å². The van der Waals surface area contributed by atoms with Crippen LogP contribution >= 0.6 is 0 Å². The Morgan fingerprint density at radius 3 is 2.78 bits per heavy atom. The molecule has 0 bridgehead atoms. The number of aromatic amines is 2. The van der Waals surface area contributed by atoms with Gasteiger partial charge in [0.05, 0.1) is 25.0 Å². The largest absolute Gasteiger partial charge is 0.416 e. The first-order valence-corrected chi connectivity index (χ1v) is 10.1. The summed E-state index contributed by atoms with van der Waals surface area (Å²) in [6.07, 6.45) is -2.80. The van der Waals surface area contributed by atoms with E-state index in [1.165, 1.54) is 12.1 Å². The number of fused-ring (bicyclic) bond motifs is 2. The summed E-state index contributed by atoms with van der Waals surface area (Å²) in [5.74, 6) is 1.04. The summed E-state index contributed by atoms with van der Waals surface area (Å²) < 4.78 is 39.5. The fraction of sp³-hybridized carbons (Fsp3) is 0.227. The maximum Gasteiger partial charge on any atom is 0.416 e. The number of halogens is 3. The number of nitrogen functional groups attached to an aromatic ring is 1. The van der Waals surface area contributed by atoms with Crippen LogP contribution in [0.15, 0.2) is 54.9 Å². The molecule has 1 aliphatic heterocycles. The summed E-state index contributed by atoms with van der Waals surface area (Å²) in [6.45, 7) is 2.21. The van der Waals surface area contributed by atoms with Crippen molar-refractivity contribution in [3.63, 3.8) is 0 Å². The fourth-order valence-corrected chi connectivity index (χ4v) is 4.13. The molecule has 4 aromatic rings. The average Bonchev–Trinajstić information content (AvgIpc) is 3.15. The van der Waals surface area contributed by atoms with Gasteiger partial charge >= 0.3 is 12.1 Å². The number of para-hydroxylation sites is 1. The van der Waals surface area contributed by atoms with E-state index in [0.717, 1.165) is 28.7 Å². The Kier molecular flexibility index (Phi) is 4.84. The number of imidazole rings is 1. The van der Waals surface area contributed by atoms with E-state index in [4.69, 9.17) is 5.73 Å². The van der Waals surface area contributed by atoms with Crippen LogP contribution in [0.25, 0.3) is 11.2 Å². The molecule has 0 fully saturated rings. The highest BCUT2D eigenvalue weighted by Crippen LogP contribution is 2.32. The first-order valence-electron chi connectivity index (χ1n) is 10.1. The van der Waals surface area contributed by atoms with Crippen LogP contribution < -0.4 is 20.5 Å². The third-order valence-electron chi connectivity index (χ3n) is 5.61. The molecule has 2 aromatic heterocycles. The Hall–Kier alpha value is -3.82. The topological polar surface area (TPSA) is 88.2 Å². The molecule has 2 aromatic carbocycles. The molecular weight excluding hydrogens is 419 g/mol. The van der Waals surface area contributed by atoms with Gasteiger partial charge in [0.25, 0.3) is 0 Å². The number of nitrogens with zero attached hydrogens (tertiary/aromatic N) is 4. The molecule has 32 heavy (non-hydrogen) atoms. The minimum absolute atomic E-state index is 0.262. The lowest BCUT2D eigenvalue weighted by Crippen LogP contribution is -2.35. The number of hydrogen-bond acceptors (Lipinski definition) is 5. The lowest BCUT2D eigenvalue weighted by Gasteiger charge is -2.25. The molecule has 0 radical (unpaired) electrons. The highest BCUT2D eigenvalue weighted by Gasteiger charge is 2.31. The van der Waals surface area contributed by atoms with Gasteiger partial charge in [0.15, 0.2) is 5.52 Å². The van der Waals surface area contributed by atoms with Crippen molar-refractivity contribution in [3.8, 4) is 0 Å². The summed E-state index contributed by atoms with van der Waals surface area (Å²) in [5, 5.41) is 0. The number of hydrogen-bond donors (Lipinski definition) is 2. The Balaban J connectivity index is 1.48. The lowest BCUT2D eigenvalue weighted by molar-refractivity contribution is -0.348. The van der Waals surface area contributed by atoms with Crippen LogP contribution in [0.2, 0.25) is 0 Å². The van der Waals surface area contributed by atoms with Crippen molar-refractivity contribution in [1.82, 2.24) is 15.0 Å². The quantitative estimate of drug-likeness (QED) is 0.510. The molecule has 0 saturated carbocycles. The normalized spacial score (nSPS) is 14.5. The maximum absolute atomic E-state index is 13.2. The SMILES string of the molecule is Nc1nc2nc[nH]c2c(N2CCN(Cc3cccc(C(F)(F)F)c3)c3ccccc3C2)[nH+]1. The second-order valence-electron chi connectivity index (χ2n) is 7.74. The molecule has 7 nitrogen and oxygen atoms in total. The van der Waals surface area contributed by atoms with E-state index in [9.17, 15) is 13.2 Å². The van der Waals surface area contributed by atoms with E-state index >= 15 is 0 Å². The van der Waals surface area contributed by atoms with Crippen LogP contribution in [-0.2, 0) is 19.3 Å². The predicted molar refractivity (Wildman–Crippen MR) is 115 cm³/mol. The summed E-state index contributed by atoms with van der Waals surface area (Å²) in [5.41, 5.74) is 9.26. The third-order valence-corrected chi connectivity index (χ3v) is 5.61. The van der Waals surface area contributed by atoms with Gasteiger partial charge in [-0.1, -0.05) is 35.3 Å². The van der Waals surface area contributed by atoms with Crippen molar-refractivity contribution in [2.45, 2.75) is 19.3 Å². The predicted octanol–water partition coefficient (Wildman–Crippen LogP) is 3.40. The monoisotopic (exact) mass is 440 g/mol. The maximum atomic E-state index is 13.2. The Labute approximate surface area is 181 Å². The number of nitrogens with two attached hydrogens (primary N) is 1. The van der Waals surface area contributed by atoms with Gasteiger partial charge in [-0.15, -0.1) is 0 Å². The van der Waals surface area contributed by atoms with Crippen molar-refractivity contribution >= 4 is 28.6 Å². The number of alkyl halides is 3. The third kappa shape index (κ3) is 3.79. The summed E-state index contributed by atoms with van der Waals surface area (Å²) in [7, 11) is 0.